The Labute approximate surface area is 102 Å². The maximum absolute atomic E-state index is 14.0. The molecule has 0 spiro atoms. The Morgan fingerprint density at radius 1 is 1.65 bits per heavy atom. The van der Waals surface area contributed by atoms with Crippen LogP contribution in [0.1, 0.15) is 0 Å². The highest BCUT2D eigenvalue weighted by Crippen LogP contribution is 2.63. The lowest BCUT2D eigenvalue weighted by Crippen LogP contribution is -2.52. The fraction of sp³-hybridized carbons (Fsp3) is 0.714. The molecule has 2 radical (unpaired) electrons. The van der Waals surface area contributed by atoms with Gasteiger partial charge in [0.2, 0.25) is 11.4 Å². The molecule has 10 heteroatoms. The number of alkyl halides is 1. The molecule has 2 heterocycles. The molecule has 0 aromatic carbocycles. The number of phosphoric acid groups is 1. The highest BCUT2D eigenvalue weighted by atomic mass is 35.5. The third-order valence-electron chi connectivity index (χ3n) is 2.49. The minimum absolute atomic E-state index is 0.692. The van der Waals surface area contributed by atoms with Crippen LogP contribution in [0.4, 0.5) is 4.39 Å². The van der Waals surface area contributed by atoms with E-state index < -0.39 is 38.0 Å². The Bertz CT molecular complexity index is 449. The number of phosphoric ester groups is 1. The molecule has 0 amide bonds. The molecule has 2 N–H and O–H groups in total. The zero-order valence-electron chi connectivity index (χ0n) is 8.17. The van der Waals surface area contributed by atoms with Crippen molar-refractivity contribution in [3.63, 3.8) is 0 Å². The van der Waals surface area contributed by atoms with Crippen molar-refractivity contribution in [1.29, 1.82) is 0 Å². The molecule has 6 nitrogen and oxygen atoms in total. The van der Waals surface area contributed by atoms with Crippen LogP contribution in [0.3, 0.4) is 0 Å². The van der Waals surface area contributed by atoms with Crippen LogP contribution in [-0.4, -0.2) is 48.0 Å². The van der Waals surface area contributed by atoms with E-state index in [1.807, 2.05) is 11.3 Å². The van der Waals surface area contributed by atoms with Crippen LogP contribution in [0.15, 0.2) is 0 Å². The Hall–Kier alpha value is -0.125. The minimum Gasteiger partial charge on any atom is -0.394 e. The van der Waals surface area contributed by atoms with Crippen LogP contribution < -0.4 is 0 Å². The summed E-state index contributed by atoms with van der Waals surface area (Å²) in [4.78, 5) is 9.18. The predicted octanol–water partition coefficient (Wildman–Crippen LogP) is -0.376. The first kappa shape index (κ1) is 13.3. The molecule has 0 saturated carbocycles. The topological polar surface area (TPSA) is 85.2 Å². The number of hydrogen-bond acceptors (Lipinski definition) is 5. The van der Waals surface area contributed by atoms with Crippen LogP contribution in [-0.2, 0) is 18.3 Å². The van der Waals surface area contributed by atoms with Gasteiger partial charge in [0.15, 0.2) is 7.85 Å². The molecule has 0 bridgehead atoms. The van der Waals surface area contributed by atoms with Gasteiger partial charge in [-0.2, -0.15) is 0 Å². The van der Waals surface area contributed by atoms with E-state index >= 15 is 0 Å². The zero-order chi connectivity index (χ0) is 12.9. The van der Waals surface area contributed by atoms with E-state index in [1.165, 1.54) is 0 Å². The van der Waals surface area contributed by atoms with E-state index in [-0.39, 0.29) is 0 Å². The number of rotatable bonds is 1. The largest absolute Gasteiger partial charge is 0.474 e. The van der Waals surface area contributed by atoms with Crippen molar-refractivity contribution in [2.75, 3.05) is 6.61 Å². The summed E-state index contributed by atoms with van der Waals surface area (Å²) in [7, 11) is 0.654. The molecule has 0 aliphatic carbocycles. The van der Waals surface area contributed by atoms with Crippen LogP contribution >= 0.6 is 19.4 Å². The van der Waals surface area contributed by atoms with Gasteiger partial charge in [-0.05, 0) is 17.5 Å². The standard InChI is InChI=1S/C7H6BClFO6P/c8-7(10)6(1-2-9)5(4(3-11)14-7)15-17(12,13)16-6/h4-5,11H,3H2,(H,12,13)/t4-,5?,6-,7-/m1/s1. The van der Waals surface area contributed by atoms with Crippen LogP contribution in [0.2, 0.25) is 0 Å². The van der Waals surface area contributed by atoms with Gasteiger partial charge in [-0.1, -0.05) is 0 Å². The summed E-state index contributed by atoms with van der Waals surface area (Å²) in [5, 5.41) is 10.8. The van der Waals surface area contributed by atoms with Crippen molar-refractivity contribution in [2.45, 2.75) is 23.6 Å². The average molecular weight is 282 g/mol. The number of ether oxygens (including phenoxy) is 1. The summed E-state index contributed by atoms with van der Waals surface area (Å²) >= 11 is 5.15. The van der Waals surface area contributed by atoms with Gasteiger partial charge in [-0.15, -0.1) is 0 Å². The Kier molecular flexibility index (Phi) is 3.08. The van der Waals surface area contributed by atoms with E-state index in [0.29, 0.717) is 0 Å². The zero-order valence-corrected chi connectivity index (χ0v) is 9.82. The second-order valence-corrected chi connectivity index (χ2v) is 5.04. The fourth-order valence-corrected chi connectivity index (χ4v) is 3.20. The third kappa shape index (κ3) is 1.83. The lowest BCUT2D eigenvalue weighted by Gasteiger charge is -2.28. The van der Waals surface area contributed by atoms with E-state index in [4.69, 9.17) is 24.6 Å². The number of aliphatic hydroxyl groups excluding tert-OH is 1. The van der Waals surface area contributed by atoms with Crippen molar-refractivity contribution in [3.05, 3.63) is 0 Å². The van der Waals surface area contributed by atoms with Gasteiger partial charge in [0, 0.05) is 5.38 Å². The number of fused-ring (bicyclic) bond motifs is 1. The molecular weight excluding hydrogens is 276 g/mol. The first-order chi connectivity index (χ1) is 7.78. The monoisotopic (exact) mass is 282 g/mol. The van der Waals surface area contributed by atoms with E-state index in [9.17, 15) is 13.8 Å². The Balaban J connectivity index is 2.52. The second-order valence-electron chi connectivity index (χ2n) is 3.52. The summed E-state index contributed by atoms with van der Waals surface area (Å²) in [6.45, 7) is -0.692. The Morgan fingerprint density at radius 2 is 2.29 bits per heavy atom. The van der Waals surface area contributed by atoms with Gasteiger partial charge in [0.1, 0.15) is 12.2 Å². The van der Waals surface area contributed by atoms with Crippen LogP contribution in [0.5, 0.6) is 0 Å². The molecule has 0 aromatic heterocycles. The van der Waals surface area contributed by atoms with Gasteiger partial charge in [0.25, 0.3) is 0 Å². The van der Waals surface area contributed by atoms with Gasteiger partial charge >= 0.3 is 7.82 Å². The predicted molar refractivity (Wildman–Crippen MR) is 53.7 cm³/mol. The molecule has 2 aliphatic heterocycles. The number of hydrogen-bond donors (Lipinski definition) is 2. The number of halogens is 2. The molecule has 92 valence electrons. The van der Waals surface area contributed by atoms with Crippen molar-refractivity contribution in [3.8, 4) is 11.3 Å². The van der Waals surface area contributed by atoms with Crippen molar-refractivity contribution < 1.29 is 32.7 Å². The second kappa shape index (κ2) is 3.94. The summed E-state index contributed by atoms with van der Waals surface area (Å²) in [5.74, 6) is -0.996. The van der Waals surface area contributed by atoms with Crippen LogP contribution in [0, 0.1) is 11.3 Å². The lowest BCUT2D eigenvalue weighted by atomic mass is 9.78. The fourth-order valence-electron chi connectivity index (χ4n) is 1.81. The molecular formula is C7H6BClFO6P. The van der Waals surface area contributed by atoms with Gasteiger partial charge < -0.3 is 14.7 Å². The summed E-state index contributed by atoms with van der Waals surface area (Å²) in [5.41, 5.74) is -2.34. The van der Waals surface area contributed by atoms with E-state index in [2.05, 4.69) is 13.8 Å². The van der Waals surface area contributed by atoms with E-state index in [0.717, 1.165) is 0 Å². The Morgan fingerprint density at radius 3 is 2.82 bits per heavy atom. The first-order valence-electron chi connectivity index (χ1n) is 4.39. The molecule has 2 rings (SSSR count). The lowest BCUT2D eigenvalue weighted by molar-refractivity contribution is -0.133. The summed E-state index contributed by atoms with van der Waals surface area (Å²) < 4.78 is 39.1. The molecule has 2 aliphatic rings. The minimum atomic E-state index is -4.52. The summed E-state index contributed by atoms with van der Waals surface area (Å²) in [6.07, 6.45) is -2.74. The third-order valence-corrected chi connectivity index (χ3v) is 3.59. The van der Waals surface area contributed by atoms with Gasteiger partial charge in [-0.3, -0.25) is 9.05 Å². The molecule has 5 atom stereocenters. The maximum atomic E-state index is 14.0. The van der Waals surface area contributed by atoms with Crippen LogP contribution in [0.25, 0.3) is 0 Å². The SMILES string of the molecule is [B][C@]1(F)O[C@H](CO)C2OP(=O)(O)O[C@]21C#CCl. The molecule has 17 heavy (non-hydrogen) atoms. The quantitative estimate of drug-likeness (QED) is 0.387. The average Bonchev–Trinajstić information content (AvgIpc) is 2.57. The van der Waals surface area contributed by atoms with Crippen molar-refractivity contribution in [1.82, 2.24) is 0 Å². The van der Waals surface area contributed by atoms with Gasteiger partial charge in [-0.25, -0.2) is 8.96 Å². The molecule has 0 aromatic rings. The smallest absolute Gasteiger partial charge is 0.394 e. The molecule has 2 unspecified atom stereocenters. The van der Waals surface area contributed by atoms with Gasteiger partial charge in [0.05, 0.1) is 6.61 Å². The highest BCUT2D eigenvalue weighted by Gasteiger charge is 2.73. The summed E-state index contributed by atoms with van der Waals surface area (Å²) in [6, 6.07) is 0. The first-order valence-corrected chi connectivity index (χ1v) is 6.26. The van der Waals surface area contributed by atoms with E-state index in [1.54, 1.807) is 0 Å². The highest BCUT2D eigenvalue weighted by molar-refractivity contribution is 7.47. The molecule has 2 fully saturated rings. The van der Waals surface area contributed by atoms with Crippen molar-refractivity contribution >= 4 is 27.3 Å². The normalized spacial score (nSPS) is 52.9. The maximum Gasteiger partial charge on any atom is 0.474 e. The number of aliphatic hydroxyl groups is 1. The molecule has 2 saturated heterocycles. The van der Waals surface area contributed by atoms with Crippen molar-refractivity contribution in [2.24, 2.45) is 0 Å².